The van der Waals surface area contributed by atoms with Crippen LogP contribution in [0.1, 0.15) is 30.5 Å². The number of nitrogens with one attached hydrogen (secondary N) is 1. The highest BCUT2D eigenvalue weighted by Gasteiger charge is 2.35. The Morgan fingerprint density at radius 3 is 1.98 bits per heavy atom. The van der Waals surface area contributed by atoms with Crippen molar-refractivity contribution in [2.45, 2.75) is 50.7 Å². The number of para-hydroxylation sites is 1. The number of aryl methyl sites for hydroxylation is 1. The lowest BCUT2D eigenvalue weighted by molar-refractivity contribution is -0.140. The summed E-state index contributed by atoms with van der Waals surface area (Å²) < 4.78 is 42.9. The molecule has 1 atom stereocenters. The molecule has 0 unspecified atom stereocenters. The minimum atomic E-state index is -4.17. The molecule has 0 spiro atoms. The highest BCUT2D eigenvalue weighted by molar-refractivity contribution is 7.92. The molecule has 0 saturated heterocycles. The number of amides is 2. The predicted molar refractivity (Wildman–Crippen MR) is 166 cm³/mol. The Labute approximate surface area is 253 Å². The van der Waals surface area contributed by atoms with Crippen LogP contribution in [0.25, 0.3) is 0 Å². The first-order valence-electron chi connectivity index (χ1n) is 14.1. The van der Waals surface area contributed by atoms with Crippen LogP contribution in [0.5, 0.6) is 0 Å². The molecule has 4 aromatic carbocycles. The zero-order valence-electron chi connectivity index (χ0n) is 24.5. The zero-order valence-corrected chi connectivity index (χ0v) is 25.3. The van der Waals surface area contributed by atoms with E-state index in [0.29, 0.717) is 16.8 Å². The van der Waals surface area contributed by atoms with Gasteiger partial charge in [-0.3, -0.25) is 13.9 Å². The number of hydrogen-bond acceptors (Lipinski definition) is 4. The summed E-state index contributed by atoms with van der Waals surface area (Å²) in [6.07, 6.45) is 0.197. The second-order valence-corrected chi connectivity index (χ2v) is 12.5. The van der Waals surface area contributed by atoms with Gasteiger partial charge in [0, 0.05) is 19.0 Å². The van der Waals surface area contributed by atoms with Crippen LogP contribution >= 0.6 is 0 Å². The van der Waals surface area contributed by atoms with E-state index in [0.717, 1.165) is 9.87 Å². The summed E-state index contributed by atoms with van der Waals surface area (Å²) in [6, 6.07) is 28.7. The molecule has 0 heterocycles. The van der Waals surface area contributed by atoms with E-state index in [1.165, 1.54) is 29.2 Å². The highest BCUT2D eigenvalue weighted by atomic mass is 32.2. The van der Waals surface area contributed by atoms with Gasteiger partial charge in [-0.1, -0.05) is 78.9 Å². The second kappa shape index (κ2) is 14.1. The van der Waals surface area contributed by atoms with Crippen molar-refractivity contribution in [1.29, 1.82) is 0 Å². The van der Waals surface area contributed by atoms with Crippen molar-refractivity contribution < 1.29 is 22.4 Å². The van der Waals surface area contributed by atoms with Crippen LogP contribution in [0.2, 0.25) is 0 Å². The fourth-order valence-electron chi connectivity index (χ4n) is 4.80. The fourth-order valence-corrected chi connectivity index (χ4v) is 6.30. The maximum Gasteiger partial charge on any atom is 0.264 e. The largest absolute Gasteiger partial charge is 0.352 e. The number of nitrogens with zero attached hydrogens (tertiary/aromatic N) is 2. The Balaban J connectivity index is 1.80. The van der Waals surface area contributed by atoms with Gasteiger partial charge in [-0.15, -0.1) is 0 Å². The van der Waals surface area contributed by atoms with Crippen molar-refractivity contribution in [3.05, 3.63) is 132 Å². The van der Waals surface area contributed by atoms with Crippen LogP contribution in [-0.2, 0) is 32.6 Å². The van der Waals surface area contributed by atoms with E-state index in [9.17, 15) is 22.4 Å². The summed E-state index contributed by atoms with van der Waals surface area (Å²) in [4.78, 5) is 29.5. The van der Waals surface area contributed by atoms with E-state index >= 15 is 0 Å². The average Bonchev–Trinajstić information content (AvgIpc) is 2.99. The van der Waals surface area contributed by atoms with Crippen LogP contribution in [0.15, 0.2) is 114 Å². The SMILES string of the molecule is Cc1ccccc1N(CC(=O)N(Cc1ccc(F)cc1)[C@H](Cc1ccccc1)C(=O)NC(C)C)S(=O)(=O)c1ccccc1. The van der Waals surface area contributed by atoms with Gasteiger partial charge in [0.05, 0.1) is 10.6 Å². The van der Waals surface area contributed by atoms with Gasteiger partial charge >= 0.3 is 0 Å². The molecule has 1 N–H and O–H groups in total. The number of sulfonamides is 1. The quantitative estimate of drug-likeness (QED) is 0.233. The van der Waals surface area contributed by atoms with Crippen molar-refractivity contribution in [2.75, 3.05) is 10.8 Å². The molecule has 0 aliphatic rings. The molecule has 7 nitrogen and oxygen atoms in total. The molecule has 43 heavy (non-hydrogen) atoms. The molecule has 0 fully saturated rings. The molecule has 0 aliphatic carbocycles. The molecule has 0 saturated carbocycles. The van der Waals surface area contributed by atoms with Gasteiger partial charge in [-0.2, -0.15) is 0 Å². The summed E-state index contributed by atoms with van der Waals surface area (Å²) in [5.41, 5.74) is 2.44. The molecule has 0 aromatic heterocycles. The summed E-state index contributed by atoms with van der Waals surface area (Å²) in [5, 5.41) is 2.92. The van der Waals surface area contributed by atoms with Crippen molar-refractivity contribution >= 4 is 27.5 Å². The summed E-state index contributed by atoms with van der Waals surface area (Å²) >= 11 is 0. The monoisotopic (exact) mass is 601 g/mol. The molecule has 4 rings (SSSR count). The van der Waals surface area contributed by atoms with Gasteiger partial charge in [0.25, 0.3) is 10.0 Å². The second-order valence-electron chi connectivity index (χ2n) is 10.6. The maximum absolute atomic E-state index is 14.4. The first-order valence-corrected chi connectivity index (χ1v) is 15.5. The van der Waals surface area contributed by atoms with Gasteiger partial charge in [-0.05, 0) is 67.8 Å². The van der Waals surface area contributed by atoms with Crippen LogP contribution < -0.4 is 9.62 Å². The fraction of sp³-hybridized carbons (Fsp3) is 0.235. The number of halogens is 1. The van der Waals surface area contributed by atoms with Crippen LogP contribution in [0.4, 0.5) is 10.1 Å². The standard InChI is InChI=1S/C34H36FN3O4S/c1-25(2)36-34(40)32(22-27-13-6-4-7-14-27)37(23-28-18-20-29(35)21-19-28)33(39)24-38(31-17-11-10-12-26(31)3)43(41,42)30-15-8-5-9-16-30/h4-21,25,32H,22-24H2,1-3H3,(H,36,40)/t32-/m1/s1. The van der Waals surface area contributed by atoms with Gasteiger partial charge < -0.3 is 10.2 Å². The first kappa shape index (κ1) is 31.4. The number of anilines is 1. The highest BCUT2D eigenvalue weighted by Crippen LogP contribution is 2.27. The molecule has 0 bridgehead atoms. The van der Waals surface area contributed by atoms with Crippen LogP contribution in [0, 0.1) is 12.7 Å². The van der Waals surface area contributed by atoms with E-state index in [1.54, 1.807) is 61.5 Å². The van der Waals surface area contributed by atoms with E-state index in [1.807, 2.05) is 44.2 Å². The molecule has 4 aromatic rings. The Kier molecular flexibility index (Phi) is 10.3. The maximum atomic E-state index is 14.4. The third-order valence-corrected chi connectivity index (χ3v) is 8.74. The molecule has 2 amide bonds. The smallest absolute Gasteiger partial charge is 0.264 e. The number of benzene rings is 4. The lowest BCUT2D eigenvalue weighted by Crippen LogP contribution is -2.54. The lowest BCUT2D eigenvalue weighted by Gasteiger charge is -2.34. The summed E-state index contributed by atoms with van der Waals surface area (Å²) in [7, 11) is -4.17. The molecule has 9 heteroatoms. The Morgan fingerprint density at radius 1 is 0.791 bits per heavy atom. The van der Waals surface area contributed by atoms with Gasteiger partial charge in [0.1, 0.15) is 18.4 Å². The Bertz CT molecular complexity index is 1630. The van der Waals surface area contributed by atoms with Crippen molar-refractivity contribution in [1.82, 2.24) is 10.2 Å². The third-order valence-electron chi connectivity index (χ3n) is 6.96. The topological polar surface area (TPSA) is 86.8 Å². The minimum absolute atomic E-state index is 0.0326. The van der Waals surface area contributed by atoms with Crippen LogP contribution in [0.3, 0.4) is 0 Å². The average molecular weight is 602 g/mol. The number of carbonyl (C=O) groups excluding carboxylic acids is 2. The van der Waals surface area contributed by atoms with E-state index in [4.69, 9.17) is 0 Å². The number of rotatable bonds is 12. The van der Waals surface area contributed by atoms with Crippen molar-refractivity contribution in [3.63, 3.8) is 0 Å². The third kappa shape index (κ3) is 8.08. The van der Waals surface area contributed by atoms with E-state index in [-0.39, 0.29) is 29.8 Å². The van der Waals surface area contributed by atoms with Crippen molar-refractivity contribution in [2.24, 2.45) is 0 Å². The Hall–Kier alpha value is -4.50. The first-order chi connectivity index (χ1) is 20.6. The molecule has 224 valence electrons. The summed E-state index contributed by atoms with van der Waals surface area (Å²) in [5.74, 6) is -1.38. The number of carbonyl (C=O) groups is 2. The minimum Gasteiger partial charge on any atom is -0.352 e. The van der Waals surface area contributed by atoms with Gasteiger partial charge in [-0.25, -0.2) is 12.8 Å². The van der Waals surface area contributed by atoms with E-state index < -0.39 is 34.3 Å². The normalized spacial score (nSPS) is 12.0. The van der Waals surface area contributed by atoms with Gasteiger partial charge in [0.2, 0.25) is 11.8 Å². The zero-order chi connectivity index (χ0) is 31.0. The molecular formula is C34H36FN3O4S. The van der Waals surface area contributed by atoms with Gasteiger partial charge in [0.15, 0.2) is 0 Å². The van der Waals surface area contributed by atoms with E-state index in [2.05, 4.69) is 5.32 Å². The predicted octanol–water partition coefficient (Wildman–Crippen LogP) is 5.49. The molecule has 0 aliphatic heterocycles. The summed E-state index contributed by atoms with van der Waals surface area (Å²) in [6.45, 7) is 4.85. The Morgan fingerprint density at radius 2 is 1.37 bits per heavy atom. The molecular weight excluding hydrogens is 565 g/mol. The lowest BCUT2D eigenvalue weighted by atomic mass is 10.0. The van der Waals surface area contributed by atoms with Crippen LogP contribution in [-0.4, -0.2) is 43.8 Å². The number of hydrogen-bond donors (Lipinski definition) is 1. The molecule has 0 radical (unpaired) electrons. The van der Waals surface area contributed by atoms with Crippen molar-refractivity contribution in [3.8, 4) is 0 Å².